The average molecular weight is 474 g/mol. The van der Waals surface area contributed by atoms with Gasteiger partial charge in [-0.05, 0) is 36.8 Å². The molecule has 0 saturated carbocycles. The number of hydrogen-bond acceptors (Lipinski definition) is 7. The van der Waals surface area contributed by atoms with E-state index in [2.05, 4.69) is 15.0 Å². The maximum atomic E-state index is 13.2. The number of nitrogens with two attached hydrogens (primary N) is 1. The Kier molecular flexibility index (Phi) is 5.11. The topological polar surface area (TPSA) is 110 Å². The molecule has 9 nitrogen and oxygen atoms in total. The molecular weight excluding hydrogens is 450 g/mol. The number of nitrogens with zero attached hydrogens (tertiary/aromatic N) is 6. The monoisotopic (exact) mass is 473 g/mol. The van der Waals surface area contributed by atoms with E-state index >= 15 is 0 Å². The molecule has 3 aromatic heterocycles. The van der Waals surface area contributed by atoms with Gasteiger partial charge >= 0.3 is 0 Å². The van der Waals surface area contributed by atoms with E-state index in [1.165, 1.54) is 11.3 Å². The molecule has 6 rings (SSSR count). The molecular formula is C24H23N7O2S. The number of aromatic nitrogens is 4. The van der Waals surface area contributed by atoms with Gasteiger partial charge in [-0.1, -0.05) is 0 Å². The van der Waals surface area contributed by atoms with Gasteiger partial charge in [0.15, 0.2) is 5.01 Å². The smallest absolute Gasteiger partial charge is 0.283 e. The number of hydrogen-bond donors (Lipinski definition) is 1. The first-order valence-electron chi connectivity index (χ1n) is 11.2. The quantitative estimate of drug-likeness (QED) is 0.487. The van der Waals surface area contributed by atoms with E-state index in [1.54, 1.807) is 30.0 Å². The van der Waals surface area contributed by atoms with E-state index in [0.717, 1.165) is 17.3 Å². The molecule has 1 aromatic carbocycles. The summed E-state index contributed by atoms with van der Waals surface area (Å²) in [5, 5.41) is 3.25. The van der Waals surface area contributed by atoms with E-state index in [-0.39, 0.29) is 29.8 Å². The highest BCUT2D eigenvalue weighted by Gasteiger charge is 2.46. The fourth-order valence-electron chi connectivity index (χ4n) is 5.07. The number of rotatable bonds is 4. The minimum absolute atomic E-state index is 0.00812. The van der Waals surface area contributed by atoms with Crippen LogP contribution in [0.25, 0.3) is 16.9 Å². The molecule has 2 atom stereocenters. The molecule has 34 heavy (non-hydrogen) atoms. The van der Waals surface area contributed by atoms with Crippen LogP contribution in [0, 0.1) is 5.92 Å². The highest BCUT2D eigenvalue weighted by atomic mass is 32.1. The van der Waals surface area contributed by atoms with Gasteiger partial charge < -0.3 is 15.5 Å². The molecule has 4 aromatic rings. The molecule has 0 bridgehead atoms. The Morgan fingerprint density at radius 1 is 1.03 bits per heavy atom. The van der Waals surface area contributed by atoms with Crippen LogP contribution >= 0.6 is 11.3 Å². The first kappa shape index (κ1) is 20.9. The van der Waals surface area contributed by atoms with Gasteiger partial charge in [0.1, 0.15) is 0 Å². The second kappa shape index (κ2) is 8.30. The maximum absolute atomic E-state index is 13.2. The second-order valence-electron chi connectivity index (χ2n) is 8.76. The van der Waals surface area contributed by atoms with Gasteiger partial charge in [0, 0.05) is 72.7 Å². The van der Waals surface area contributed by atoms with Crippen LogP contribution in [-0.2, 0) is 0 Å². The number of fused-ring (bicyclic) bond motifs is 1. The zero-order chi connectivity index (χ0) is 23.2. The van der Waals surface area contributed by atoms with Gasteiger partial charge in [-0.2, -0.15) is 0 Å². The van der Waals surface area contributed by atoms with Crippen molar-refractivity contribution >= 4 is 34.1 Å². The number of benzene rings is 1. The summed E-state index contributed by atoms with van der Waals surface area (Å²) in [7, 11) is 0. The van der Waals surface area contributed by atoms with Crippen LogP contribution in [0.2, 0.25) is 0 Å². The van der Waals surface area contributed by atoms with E-state index in [1.807, 2.05) is 44.8 Å². The third kappa shape index (κ3) is 3.46. The molecule has 2 saturated heterocycles. The van der Waals surface area contributed by atoms with Crippen molar-refractivity contribution < 1.29 is 9.59 Å². The van der Waals surface area contributed by atoms with Crippen LogP contribution in [0.15, 0.2) is 60.5 Å². The normalized spacial score (nSPS) is 20.6. The Labute approximate surface area is 199 Å². The van der Waals surface area contributed by atoms with Crippen molar-refractivity contribution in [3.05, 3.63) is 71.1 Å². The molecule has 2 N–H and O–H groups in total. The lowest BCUT2D eigenvalue weighted by Crippen LogP contribution is -2.61. The zero-order valence-electron chi connectivity index (χ0n) is 18.3. The fourth-order valence-corrected chi connectivity index (χ4v) is 5.67. The van der Waals surface area contributed by atoms with Crippen LogP contribution in [-0.4, -0.2) is 72.9 Å². The first-order valence-corrected chi connectivity index (χ1v) is 12.1. The standard InChI is InChI=1S/C24H23N7O2S/c25-18-5-10-31(23(33)21-26-8-11-34-21)20(18)17-13-29(14-17)22(32)16-2-3-19-15(12-16)4-9-30(19)24-27-6-1-7-28-24/h1-4,6-9,11-12,17-18,20H,5,10,13-14,25H2. The van der Waals surface area contributed by atoms with Gasteiger partial charge in [-0.15, -0.1) is 11.3 Å². The van der Waals surface area contributed by atoms with Crippen molar-refractivity contribution in [2.24, 2.45) is 11.7 Å². The zero-order valence-corrected chi connectivity index (χ0v) is 19.1. The number of carbonyl (C=O) groups excluding carboxylic acids is 2. The van der Waals surface area contributed by atoms with Gasteiger partial charge in [0.2, 0.25) is 5.95 Å². The summed E-state index contributed by atoms with van der Waals surface area (Å²) in [6, 6.07) is 9.27. The van der Waals surface area contributed by atoms with Gasteiger partial charge in [0.05, 0.1) is 11.6 Å². The van der Waals surface area contributed by atoms with Gasteiger partial charge in [-0.3, -0.25) is 14.2 Å². The van der Waals surface area contributed by atoms with Gasteiger partial charge in [0.25, 0.3) is 11.8 Å². The minimum Gasteiger partial charge on any atom is -0.338 e. The Hall–Kier alpha value is -3.63. The minimum atomic E-state index is -0.0810. The Balaban J connectivity index is 1.16. The molecule has 0 aliphatic carbocycles. The predicted octanol–water partition coefficient (Wildman–Crippen LogP) is 2.19. The highest BCUT2D eigenvalue weighted by Crippen LogP contribution is 2.32. The van der Waals surface area contributed by atoms with Crippen molar-refractivity contribution in [3.63, 3.8) is 0 Å². The van der Waals surface area contributed by atoms with Crippen LogP contribution < -0.4 is 5.73 Å². The molecule has 2 unspecified atom stereocenters. The van der Waals surface area contributed by atoms with Crippen molar-refractivity contribution in [1.29, 1.82) is 0 Å². The van der Waals surface area contributed by atoms with Gasteiger partial charge in [-0.25, -0.2) is 15.0 Å². The van der Waals surface area contributed by atoms with Crippen molar-refractivity contribution in [2.75, 3.05) is 19.6 Å². The van der Waals surface area contributed by atoms with Crippen LogP contribution in [0.4, 0.5) is 0 Å². The largest absolute Gasteiger partial charge is 0.338 e. The third-order valence-corrected chi connectivity index (χ3v) is 7.52. The third-order valence-electron chi connectivity index (χ3n) is 6.76. The number of amides is 2. The lowest BCUT2D eigenvalue weighted by molar-refractivity contribution is 0.0244. The number of carbonyl (C=O) groups is 2. The molecule has 0 radical (unpaired) electrons. The summed E-state index contributed by atoms with van der Waals surface area (Å²) in [6.07, 6.45) is 7.72. The van der Waals surface area contributed by atoms with Crippen LogP contribution in [0.5, 0.6) is 0 Å². The second-order valence-corrected chi connectivity index (χ2v) is 9.65. The molecule has 5 heterocycles. The van der Waals surface area contributed by atoms with E-state index < -0.39 is 0 Å². The van der Waals surface area contributed by atoms with Crippen molar-refractivity contribution in [3.8, 4) is 5.95 Å². The summed E-state index contributed by atoms with van der Waals surface area (Å²) in [6.45, 7) is 1.82. The molecule has 2 aliphatic heterocycles. The van der Waals surface area contributed by atoms with E-state index in [4.69, 9.17) is 5.73 Å². The Bertz CT molecular complexity index is 1350. The van der Waals surface area contributed by atoms with E-state index in [9.17, 15) is 9.59 Å². The summed E-state index contributed by atoms with van der Waals surface area (Å²) in [5.41, 5.74) is 7.97. The molecule has 10 heteroatoms. The lowest BCUT2D eigenvalue weighted by atomic mass is 9.87. The van der Waals surface area contributed by atoms with Crippen molar-refractivity contribution in [1.82, 2.24) is 29.3 Å². The highest BCUT2D eigenvalue weighted by molar-refractivity contribution is 7.11. The first-order chi connectivity index (χ1) is 16.6. The predicted molar refractivity (Wildman–Crippen MR) is 128 cm³/mol. The van der Waals surface area contributed by atoms with Crippen molar-refractivity contribution in [2.45, 2.75) is 18.5 Å². The number of thiazole rings is 1. The maximum Gasteiger partial charge on any atom is 0.283 e. The number of likely N-dealkylation sites (tertiary alicyclic amines) is 2. The summed E-state index contributed by atoms with van der Waals surface area (Å²) in [5.74, 6) is 0.693. The molecule has 2 fully saturated rings. The summed E-state index contributed by atoms with van der Waals surface area (Å²) in [4.78, 5) is 42.5. The fraction of sp³-hybridized carbons (Fsp3) is 0.292. The van der Waals surface area contributed by atoms with Crippen LogP contribution in [0.1, 0.15) is 26.6 Å². The molecule has 2 amide bonds. The molecule has 0 spiro atoms. The summed E-state index contributed by atoms with van der Waals surface area (Å²) < 4.78 is 1.90. The average Bonchev–Trinajstić information content (AvgIpc) is 3.58. The lowest BCUT2D eigenvalue weighted by Gasteiger charge is -2.45. The van der Waals surface area contributed by atoms with Crippen LogP contribution in [0.3, 0.4) is 0 Å². The summed E-state index contributed by atoms with van der Waals surface area (Å²) >= 11 is 1.35. The molecule has 2 aliphatic rings. The Morgan fingerprint density at radius 3 is 2.62 bits per heavy atom. The van der Waals surface area contributed by atoms with E-state index in [0.29, 0.717) is 36.2 Å². The molecule has 172 valence electrons. The SMILES string of the molecule is NC1CCN(C(=O)c2nccs2)C1C1CN(C(=O)c2ccc3c(ccn3-c3ncccn3)c2)C1. The Morgan fingerprint density at radius 2 is 1.85 bits per heavy atom.